The molecule has 0 heterocycles. The maximum atomic E-state index is 12.2. The van der Waals surface area contributed by atoms with Crippen LogP contribution in [0.25, 0.3) is 0 Å². The minimum absolute atomic E-state index is 0.395. The minimum Gasteiger partial charge on any atom is -0.379 e. The molecule has 1 aromatic carbocycles. The lowest BCUT2D eigenvalue weighted by molar-refractivity contribution is -0.206. The average molecular weight is 279 g/mol. The fraction of sp³-hybridized carbons (Fsp3) is 0.333. The van der Waals surface area contributed by atoms with Crippen molar-refractivity contribution in [1.29, 1.82) is 0 Å². The van der Waals surface area contributed by atoms with Gasteiger partial charge in [-0.05, 0) is 17.7 Å². The van der Waals surface area contributed by atoms with Crippen LogP contribution >= 0.6 is 11.6 Å². The third-order valence-corrected chi connectivity index (χ3v) is 2.24. The van der Waals surface area contributed by atoms with E-state index in [4.69, 9.17) is 16.7 Å². The summed E-state index contributed by atoms with van der Waals surface area (Å²) in [5.41, 5.74) is -1.99. The van der Waals surface area contributed by atoms with Crippen LogP contribution < -0.4 is 0 Å². The molecule has 0 aromatic heterocycles. The van der Waals surface area contributed by atoms with Gasteiger partial charge in [0.1, 0.15) is 0 Å². The van der Waals surface area contributed by atoms with E-state index >= 15 is 0 Å². The van der Waals surface area contributed by atoms with Crippen LogP contribution in [-0.4, -0.2) is 11.3 Å². The summed E-state index contributed by atoms with van der Waals surface area (Å²) in [4.78, 5) is 0. The van der Waals surface area contributed by atoms with E-state index in [9.17, 15) is 26.3 Å². The van der Waals surface area contributed by atoms with Crippen molar-refractivity contribution in [2.24, 2.45) is 0 Å². The van der Waals surface area contributed by atoms with Crippen molar-refractivity contribution < 1.29 is 31.4 Å². The van der Waals surface area contributed by atoms with Crippen LogP contribution in [0.1, 0.15) is 17.2 Å². The normalized spacial score (nSPS) is 14.8. The van der Waals surface area contributed by atoms with E-state index in [1.54, 1.807) is 0 Å². The number of aliphatic hydroxyl groups excluding tert-OH is 1. The topological polar surface area (TPSA) is 20.2 Å². The summed E-state index contributed by atoms with van der Waals surface area (Å²) in [5.74, 6) is 0. The molecule has 0 amide bonds. The molecule has 0 aliphatic rings. The molecule has 0 aliphatic heterocycles. The van der Waals surface area contributed by atoms with Crippen LogP contribution in [-0.2, 0) is 6.18 Å². The van der Waals surface area contributed by atoms with E-state index in [0.717, 1.165) is 0 Å². The highest BCUT2D eigenvalue weighted by atomic mass is 35.5. The van der Waals surface area contributed by atoms with Gasteiger partial charge in [0.05, 0.1) is 10.6 Å². The lowest BCUT2D eigenvalue weighted by Crippen LogP contribution is -2.20. The smallest absolute Gasteiger partial charge is 0.379 e. The van der Waals surface area contributed by atoms with Gasteiger partial charge in [-0.15, -0.1) is 0 Å². The summed E-state index contributed by atoms with van der Waals surface area (Å²) < 4.78 is 73.0. The summed E-state index contributed by atoms with van der Waals surface area (Å²) in [7, 11) is 0. The van der Waals surface area contributed by atoms with E-state index in [1.165, 1.54) is 0 Å². The zero-order valence-corrected chi connectivity index (χ0v) is 8.66. The molecule has 1 atom stereocenters. The van der Waals surface area contributed by atoms with E-state index < -0.39 is 34.6 Å². The summed E-state index contributed by atoms with van der Waals surface area (Å²) >= 11 is 5.21. The Morgan fingerprint density at radius 2 is 1.59 bits per heavy atom. The highest BCUT2D eigenvalue weighted by Gasteiger charge is 2.40. The lowest BCUT2D eigenvalue weighted by atomic mass is 10.1. The first-order valence-electron chi connectivity index (χ1n) is 4.15. The van der Waals surface area contributed by atoms with Gasteiger partial charge in [0.2, 0.25) is 0 Å². The maximum absolute atomic E-state index is 12.2. The molecule has 0 fully saturated rings. The van der Waals surface area contributed by atoms with E-state index in [2.05, 4.69) is 0 Å². The average Bonchev–Trinajstić information content (AvgIpc) is 2.12. The van der Waals surface area contributed by atoms with Crippen LogP contribution in [0.4, 0.5) is 26.3 Å². The third-order valence-electron chi connectivity index (χ3n) is 1.92. The Labute approximate surface area is 96.6 Å². The van der Waals surface area contributed by atoms with Gasteiger partial charge in [-0.1, -0.05) is 17.7 Å². The van der Waals surface area contributed by atoms with E-state index in [1.807, 2.05) is 0 Å². The summed E-state index contributed by atoms with van der Waals surface area (Å²) in [6.07, 6.45) is -12.6. The zero-order chi connectivity index (χ0) is 13.4. The molecule has 0 aliphatic carbocycles. The lowest BCUT2D eigenvalue weighted by Gasteiger charge is -2.16. The Morgan fingerprint density at radius 3 is 1.94 bits per heavy atom. The second-order valence-electron chi connectivity index (χ2n) is 3.18. The molecule has 1 N–H and O–H groups in total. The van der Waals surface area contributed by atoms with Gasteiger partial charge in [0.15, 0.2) is 6.10 Å². The largest absolute Gasteiger partial charge is 0.418 e. The third kappa shape index (κ3) is 3.26. The van der Waals surface area contributed by atoms with Crippen molar-refractivity contribution >= 4 is 11.6 Å². The summed E-state index contributed by atoms with van der Waals surface area (Å²) in [6, 6.07) is 1.38. The Morgan fingerprint density at radius 1 is 1.06 bits per heavy atom. The van der Waals surface area contributed by atoms with Crippen molar-refractivity contribution in [3.05, 3.63) is 34.3 Å². The van der Waals surface area contributed by atoms with Gasteiger partial charge in [-0.25, -0.2) is 0 Å². The predicted octanol–water partition coefficient (Wildman–Crippen LogP) is 3.95. The first-order valence-corrected chi connectivity index (χ1v) is 4.52. The Bertz CT molecular complexity index is 411. The molecule has 0 radical (unpaired) electrons. The number of alkyl halides is 6. The number of rotatable bonds is 1. The molecule has 1 nitrogen and oxygen atoms in total. The Balaban J connectivity index is 3.14. The van der Waals surface area contributed by atoms with Gasteiger partial charge in [-0.2, -0.15) is 26.3 Å². The number of benzene rings is 1. The van der Waals surface area contributed by atoms with Gasteiger partial charge in [-0.3, -0.25) is 0 Å². The number of hydrogen-bond donors (Lipinski definition) is 1. The molecular formula is C9H5ClF6O. The molecule has 17 heavy (non-hydrogen) atoms. The fourth-order valence-corrected chi connectivity index (χ4v) is 1.42. The van der Waals surface area contributed by atoms with Crippen LogP contribution in [0.5, 0.6) is 0 Å². The van der Waals surface area contributed by atoms with Gasteiger partial charge in [0, 0.05) is 0 Å². The van der Waals surface area contributed by atoms with Gasteiger partial charge < -0.3 is 5.11 Å². The SMILES string of the molecule is O[C@H](c1ccc(C(F)(F)F)c(Cl)c1)C(F)(F)F. The van der Waals surface area contributed by atoms with Crippen LogP contribution in [0.3, 0.4) is 0 Å². The zero-order valence-electron chi connectivity index (χ0n) is 7.90. The second-order valence-corrected chi connectivity index (χ2v) is 3.59. The molecule has 96 valence electrons. The molecule has 1 aromatic rings. The first-order chi connectivity index (χ1) is 7.53. The highest BCUT2D eigenvalue weighted by Crippen LogP contribution is 2.38. The number of halogens is 7. The van der Waals surface area contributed by atoms with Gasteiger partial charge in [0.25, 0.3) is 0 Å². The van der Waals surface area contributed by atoms with Crippen LogP contribution in [0.15, 0.2) is 18.2 Å². The maximum Gasteiger partial charge on any atom is 0.418 e. The molecule has 0 saturated heterocycles. The van der Waals surface area contributed by atoms with Gasteiger partial charge >= 0.3 is 12.4 Å². The summed E-state index contributed by atoms with van der Waals surface area (Å²) in [5, 5.41) is 7.92. The minimum atomic E-state index is -4.96. The number of hydrogen-bond acceptors (Lipinski definition) is 1. The molecular weight excluding hydrogens is 274 g/mol. The van der Waals surface area contributed by atoms with Crippen molar-refractivity contribution in [2.45, 2.75) is 18.5 Å². The molecule has 1 rings (SSSR count). The first kappa shape index (κ1) is 14.1. The predicted molar refractivity (Wildman–Crippen MR) is 47.5 cm³/mol. The highest BCUT2D eigenvalue weighted by molar-refractivity contribution is 6.31. The summed E-state index contributed by atoms with van der Waals surface area (Å²) in [6.45, 7) is 0. The van der Waals surface area contributed by atoms with Crippen LogP contribution in [0.2, 0.25) is 5.02 Å². The molecule has 0 unspecified atom stereocenters. The van der Waals surface area contributed by atoms with Crippen molar-refractivity contribution in [3.8, 4) is 0 Å². The molecule has 0 spiro atoms. The van der Waals surface area contributed by atoms with Crippen molar-refractivity contribution in [3.63, 3.8) is 0 Å². The Kier molecular flexibility index (Phi) is 3.63. The molecule has 0 saturated carbocycles. The fourth-order valence-electron chi connectivity index (χ4n) is 1.12. The van der Waals surface area contributed by atoms with E-state index in [-0.39, 0.29) is 0 Å². The number of aliphatic hydroxyl groups is 1. The monoisotopic (exact) mass is 278 g/mol. The van der Waals surface area contributed by atoms with E-state index in [0.29, 0.717) is 18.2 Å². The second kappa shape index (κ2) is 4.38. The van der Waals surface area contributed by atoms with Crippen LogP contribution in [0, 0.1) is 0 Å². The Hall–Kier alpha value is -0.950. The quantitative estimate of drug-likeness (QED) is 0.771. The van der Waals surface area contributed by atoms with Crippen molar-refractivity contribution in [2.75, 3.05) is 0 Å². The van der Waals surface area contributed by atoms with Crippen molar-refractivity contribution in [1.82, 2.24) is 0 Å². The molecule has 0 bridgehead atoms. The molecule has 8 heteroatoms. The standard InChI is InChI=1S/C9H5ClF6O/c10-6-3-4(7(17)9(14,15)16)1-2-5(6)8(11,12)13/h1-3,7,17H/t7-/m1/s1.